The molecule has 0 radical (unpaired) electrons. The second kappa shape index (κ2) is 8.97. The molecule has 1 N–H and O–H groups in total. The van der Waals surface area contributed by atoms with Gasteiger partial charge in [-0.1, -0.05) is 44.2 Å². The molecule has 2 rings (SSSR count). The Morgan fingerprint density at radius 1 is 1.12 bits per heavy atom. The maximum Gasteiger partial charge on any atom is 0.310 e. The summed E-state index contributed by atoms with van der Waals surface area (Å²) in [4.78, 5) is 23.8. The lowest BCUT2D eigenvalue weighted by molar-refractivity contribution is -0.146. The summed E-state index contributed by atoms with van der Waals surface area (Å²) in [6, 6.07) is 13.2. The van der Waals surface area contributed by atoms with E-state index in [9.17, 15) is 14.0 Å². The zero-order valence-corrected chi connectivity index (χ0v) is 14.4. The van der Waals surface area contributed by atoms with Crippen LogP contribution in [0.3, 0.4) is 0 Å². The summed E-state index contributed by atoms with van der Waals surface area (Å²) in [6.07, 6.45) is 0.955. The van der Waals surface area contributed by atoms with Crippen LogP contribution in [0.15, 0.2) is 48.5 Å². The van der Waals surface area contributed by atoms with Crippen LogP contribution in [0.25, 0.3) is 0 Å². The van der Waals surface area contributed by atoms with Gasteiger partial charge in [-0.25, -0.2) is 4.39 Å². The van der Waals surface area contributed by atoms with Gasteiger partial charge in [0.25, 0.3) is 5.91 Å². The Labute approximate surface area is 147 Å². The summed E-state index contributed by atoms with van der Waals surface area (Å²) in [6.45, 7) is 3.82. The first-order valence-corrected chi connectivity index (χ1v) is 8.28. The number of ether oxygens (including phenoxy) is 1. The van der Waals surface area contributed by atoms with E-state index in [1.54, 1.807) is 0 Å². The highest BCUT2D eigenvalue weighted by Crippen LogP contribution is 2.26. The van der Waals surface area contributed by atoms with Gasteiger partial charge in [0.15, 0.2) is 6.61 Å². The SMILES string of the molecule is CC[C@@H](C)c1ccccc1NC(=O)COC(=O)Cc1ccc(F)cc1. The highest BCUT2D eigenvalue weighted by molar-refractivity contribution is 5.93. The zero-order chi connectivity index (χ0) is 18.2. The van der Waals surface area contributed by atoms with E-state index in [0.717, 1.165) is 17.7 Å². The molecular weight excluding hydrogens is 321 g/mol. The van der Waals surface area contributed by atoms with Crippen molar-refractivity contribution in [1.29, 1.82) is 0 Å². The Bertz CT molecular complexity index is 728. The van der Waals surface area contributed by atoms with Gasteiger partial charge in [0.1, 0.15) is 5.82 Å². The smallest absolute Gasteiger partial charge is 0.310 e. The number of anilines is 1. The number of carbonyl (C=O) groups excluding carboxylic acids is 2. The number of hydrogen-bond acceptors (Lipinski definition) is 3. The first-order valence-electron chi connectivity index (χ1n) is 8.28. The van der Waals surface area contributed by atoms with E-state index in [1.165, 1.54) is 24.3 Å². The molecule has 2 aromatic rings. The van der Waals surface area contributed by atoms with Crippen molar-refractivity contribution in [2.24, 2.45) is 0 Å². The Morgan fingerprint density at radius 2 is 1.80 bits per heavy atom. The van der Waals surface area contributed by atoms with Crippen LogP contribution in [-0.2, 0) is 20.7 Å². The van der Waals surface area contributed by atoms with Gasteiger partial charge >= 0.3 is 5.97 Å². The van der Waals surface area contributed by atoms with Crippen LogP contribution in [0.4, 0.5) is 10.1 Å². The van der Waals surface area contributed by atoms with Crippen molar-refractivity contribution in [3.63, 3.8) is 0 Å². The summed E-state index contributed by atoms with van der Waals surface area (Å²) in [7, 11) is 0. The van der Waals surface area contributed by atoms with Crippen molar-refractivity contribution in [3.05, 3.63) is 65.5 Å². The molecule has 0 aromatic heterocycles. The quantitative estimate of drug-likeness (QED) is 0.771. The first-order chi connectivity index (χ1) is 12.0. The van der Waals surface area contributed by atoms with Crippen LogP contribution in [0.1, 0.15) is 37.3 Å². The minimum atomic E-state index is -0.531. The average Bonchev–Trinajstić information content (AvgIpc) is 2.62. The predicted molar refractivity (Wildman–Crippen MR) is 94.8 cm³/mol. The van der Waals surface area contributed by atoms with E-state index < -0.39 is 5.97 Å². The molecule has 0 aliphatic heterocycles. The van der Waals surface area contributed by atoms with E-state index in [1.807, 2.05) is 24.3 Å². The average molecular weight is 343 g/mol. The fourth-order valence-corrected chi connectivity index (χ4v) is 2.41. The van der Waals surface area contributed by atoms with E-state index in [-0.39, 0.29) is 24.8 Å². The minimum Gasteiger partial charge on any atom is -0.455 e. The van der Waals surface area contributed by atoms with Crippen LogP contribution in [0.5, 0.6) is 0 Å². The molecule has 0 saturated carbocycles. The zero-order valence-electron chi connectivity index (χ0n) is 14.4. The summed E-state index contributed by atoms with van der Waals surface area (Å²) >= 11 is 0. The number of amides is 1. The minimum absolute atomic E-state index is 0.00296. The normalized spacial score (nSPS) is 11.6. The molecule has 2 aromatic carbocycles. The van der Waals surface area contributed by atoms with Gasteiger partial charge < -0.3 is 10.1 Å². The van der Waals surface area contributed by atoms with Crippen molar-refractivity contribution in [2.75, 3.05) is 11.9 Å². The van der Waals surface area contributed by atoms with E-state index in [2.05, 4.69) is 19.2 Å². The highest BCUT2D eigenvalue weighted by Gasteiger charge is 2.13. The van der Waals surface area contributed by atoms with E-state index in [0.29, 0.717) is 11.5 Å². The number of para-hydroxylation sites is 1. The summed E-state index contributed by atoms with van der Waals surface area (Å²) in [5, 5.41) is 2.79. The topological polar surface area (TPSA) is 55.4 Å². The largest absolute Gasteiger partial charge is 0.455 e. The van der Waals surface area contributed by atoms with Gasteiger partial charge in [-0.2, -0.15) is 0 Å². The van der Waals surface area contributed by atoms with Crippen LogP contribution in [0.2, 0.25) is 0 Å². The number of rotatable bonds is 7. The Morgan fingerprint density at radius 3 is 2.48 bits per heavy atom. The third-order valence-corrected chi connectivity index (χ3v) is 4.00. The van der Waals surface area contributed by atoms with Crippen LogP contribution < -0.4 is 5.32 Å². The second-order valence-corrected chi connectivity index (χ2v) is 5.91. The molecule has 0 aliphatic carbocycles. The van der Waals surface area contributed by atoms with Gasteiger partial charge in [0.2, 0.25) is 0 Å². The molecular formula is C20H22FNO3. The number of carbonyl (C=O) groups is 2. The van der Waals surface area contributed by atoms with Crippen molar-refractivity contribution < 1.29 is 18.7 Å². The van der Waals surface area contributed by atoms with Crippen molar-refractivity contribution >= 4 is 17.6 Å². The van der Waals surface area contributed by atoms with Gasteiger partial charge in [0, 0.05) is 5.69 Å². The molecule has 0 heterocycles. The van der Waals surface area contributed by atoms with E-state index in [4.69, 9.17) is 4.74 Å². The Hall–Kier alpha value is -2.69. The van der Waals surface area contributed by atoms with Crippen molar-refractivity contribution in [1.82, 2.24) is 0 Å². The molecule has 1 amide bonds. The van der Waals surface area contributed by atoms with Crippen LogP contribution in [-0.4, -0.2) is 18.5 Å². The molecule has 5 heteroatoms. The van der Waals surface area contributed by atoms with Gasteiger partial charge in [-0.05, 0) is 41.7 Å². The summed E-state index contributed by atoms with van der Waals surface area (Å²) in [5.41, 5.74) is 2.42. The lowest BCUT2D eigenvalue weighted by atomic mass is 9.97. The Kier molecular flexibility index (Phi) is 6.69. The van der Waals surface area contributed by atoms with Gasteiger partial charge in [-0.15, -0.1) is 0 Å². The third kappa shape index (κ3) is 5.71. The molecule has 25 heavy (non-hydrogen) atoms. The van der Waals surface area contributed by atoms with Gasteiger partial charge in [0.05, 0.1) is 6.42 Å². The summed E-state index contributed by atoms with van der Waals surface area (Å²) in [5.74, 6) is -0.964. The fraction of sp³-hybridized carbons (Fsp3) is 0.300. The maximum absolute atomic E-state index is 12.8. The maximum atomic E-state index is 12.8. The third-order valence-electron chi connectivity index (χ3n) is 4.00. The lowest BCUT2D eigenvalue weighted by Gasteiger charge is -2.15. The molecule has 4 nitrogen and oxygen atoms in total. The molecule has 0 unspecified atom stereocenters. The lowest BCUT2D eigenvalue weighted by Crippen LogP contribution is -2.22. The number of hydrogen-bond donors (Lipinski definition) is 1. The van der Waals surface area contributed by atoms with Crippen molar-refractivity contribution in [3.8, 4) is 0 Å². The Balaban J connectivity index is 1.86. The fourth-order valence-electron chi connectivity index (χ4n) is 2.41. The molecule has 0 spiro atoms. The number of benzene rings is 2. The van der Waals surface area contributed by atoms with Crippen LogP contribution >= 0.6 is 0 Å². The van der Waals surface area contributed by atoms with E-state index >= 15 is 0 Å². The summed E-state index contributed by atoms with van der Waals surface area (Å²) < 4.78 is 17.8. The molecule has 1 atom stereocenters. The molecule has 0 fully saturated rings. The second-order valence-electron chi connectivity index (χ2n) is 5.91. The highest BCUT2D eigenvalue weighted by atomic mass is 19.1. The number of nitrogens with one attached hydrogen (secondary N) is 1. The standard InChI is InChI=1S/C20H22FNO3/c1-3-14(2)17-6-4-5-7-18(17)22-19(23)13-25-20(24)12-15-8-10-16(21)11-9-15/h4-11,14H,3,12-13H2,1-2H3,(H,22,23)/t14-/m1/s1. The first kappa shape index (κ1) is 18.6. The van der Waals surface area contributed by atoms with Gasteiger partial charge in [-0.3, -0.25) is 9.59 Å². The number of esters is 1. The monoisotopic (exact) mass is 343 g/mol. The number of halogens is 1. The van der Waals surface area contributed by atoms with Crippen molar-refractivity contribution in [2.45, 2.75) is 32.6 Å². The molecule has 132 valence electrons. The van der Waals surface area contributed by atoms with Crippen LogP contribution in [0, 0.1) is 5.82 Å². The molecule has 0 saturated heterocycles. The molecule has 0 aliphatic rings. The predicted octanol–water partition coefficient (Wildman–Crippen LogP) is 4.06. The molecule has 0 bridgehead atoms.